The number of nitrogens with zero attached hydrogens (tertiary/aromatic N) is 3. The monoisotopic (exact) mass is 335 g/mol. The van der Waals surface area contributed by atoms with Gasteiger partial charge in [0.2, 0.25) is 4.80 Å². The van der Waals surface area contributed by atoms with Gasteiger partial charge in [0.05, 0.1) is 6.21 Å². The van der Waals surface area contributed by atoms with E-state index in [0.717, 1.165) is 21.4 Å². The summed E-state index contributed by atoms with van der Waals surface area (Å²) in [6, 6.07) is 7.94. The fourth-order valence-electron chi connectivity index (χ4n) is 1.58. The Hall–Kier alpha value is -1.46. The molecule has 19 heavy (non-hydrogen) atoms. The molecule has 0 saturated heterocycles. The molecule has 0 aliphatic carbocycles. The zero-order valence-corrected chi connectivity index (χ0v) is 13.0. The van der Waals surface area contributed by atoms with Gasteiger partial charge in [0.25, 0.3) is 0 Å². The van der Waals surface area contributed by atoms with Gasteiger partial charge in [-0.3, -0.25) is 0 Å². The maximum atomic E-state index is 4.26. The van der Waals surface area contributed by atoms with Crippen LogP contribution in [0.15, 0.2) is 57.0 Å². The lowest BCUT2D eigenvalue weighted by Crippen LogP contribution is -2.14. The molecule has 2 aromatic rings. The largest absolute Gasteiger partial charge is 0.316 e. The van der Waals surface area contributed by atoms with E-state index in [2.05, 4.69) is 49.6 Å². The van der Waals surface area contributed by atoms with Crippen molar-refractivity contribution in [2.24, 2.45) is 10.2 Å². The van der Waals surface area contributed by atoms with Gasteiger partial charge in [-0.15, -0.1) is 23.0 Å². The van der Waals surface area contributed by atoms with Crippen molar-refractivity contribution in [3.63, 3.8) is 0 Å². The Morgan fingerprint density at radius 2 is 2.32 bits per heavy atom. The van der Waals surface area contributed by atoms with Gasteiger partial charge < -0.3 is 4.57 Å². The summed E-state index contributed by atoms with van der Waals surface area (Å²) in [6.45, 7) is 6.56. The third-order valence-corrected chi connectivity index (χ3v) is 3.97. The van der Waals surface area contributed by atoms with E-state index in [1.807, 2.05) is 30.3 Å². The molecular formula is C14H14BrN3S. The van der Waals surface area contributed by atoms with Crippen molar-refractivity contribution in [2.75, 3.05) is 0 Å². The summed E-state index contributed by atoms with van der Waals surface area (Å²) in [5, 5.41) is 10.5. The first-order chi connectivity index (χ1) is 9.20. The second kappa shape index (κ2) is 6.63. The van der Waals surface area contributed by atoms with E-state index in [4.69, 9.17) is 0 Å². The highest BCUT2D eigenvalue weighted by atomic mass is 79.9. The lowest BCUT2D eigenvalue weighted by Gasteiger charge is -1.99. The Morgan fingerprint density at radius 3 is 3.05 bits per heavy atom. The minimum Gasteiger partial charge on any atom is -0.316 e. The second-order valence-electron chi connectivity index (χ2n) is 3.96. The topological polar surface area (TPSA) is 29.6 Å². The third kappa shape index (κ3) is 3.75. The van der Waals surface area contributed by atoms with Crippen LogP contribution >= 0.6 is 27.3 Å². The Kier molecular flexibility index (Phi) is 4.87. The van der Waals surface area contributed by atoms with Gasteiger partial charge in [0.1, 0.15) is 0 Å². The molecule has 0 N–H and O–H groups in total. The fraction of sp³-hybridized carbons (Fsp3) is 0.143. The maximum absolute atomic E-state index is 4.26. The highest BCUT2D eigenvalue weighted by Crippen LogP contribution is 2.09. The van der Waals surface area contributed by atoms with E-state index in [0.29, 0.717) is 0 Å². The molecule has 0 fully saturated rings. The first kappa shape index (κ1) is 14.0. The standard InChI is InChI=1S/C14H14BrN3S/c1-3-7-18-11(2)10-19-14(18)17-16-9-12-5-4-6-13(15)8-12/h3-6,8-10H,1,7H2,2H3/b16-9+,17-14+. The van der Waals surface area contributed by atoms with E-state index >= 15 is 0 Å². The first-order valence-corrected chi connectivity index (χ1v) is 7.46. The van der Waals surface area contributed by atoms with Gasteiger partial charge in [-0.1, -0.05) is 34.1 Å². The number of hydrogen-bond donors (Lipinski definition) is 0. The molecule has 5 heteroatoms. The lowest BCUT2D eigenvalue weighted by atomic mass is 10.2. The zero-order chi connectivity index (χ0) is 13.7. The highest BCUT2D eigenvalue weighted by Gasteiger charge is 1.97. The summed E-state index contributed by atoms with van der Waals surface area (Å²) in [4.78, 5) is 0.878. The summed E-state index contributed by atoms with van der Waals surface area (Å²) >= 11 is 5.01. The molecule has 3 nitrogen and oxygen atoms in total. The van der Waals surface area contributed by atoms with Crippen LogP contribution in [-0.2, 0) is 6.54 Å². The van der Waals surface area contributed by atoms with Crippen LogP contribution in [0.25, 0.3) is 0 Å². The van der Waals surface area contributed by atoms with Crippen LogP contribution in [-0.4, -0.2) is 10.8 Å². The summed E-state index contributed by atoms with van der Waals surface area (Å²) < 4.78 is 3.11. The summed E-state index contributed by atoms with van der Waals surface area (Å²) in [6.07, 6.45) is 3.61. The van der Waals surface area contributed by atoms with Crippen molar-refractivity contribution in [1.82, 2.24) is 4.57 Å². The number of thiazole rings is 1. The summed E-state index contributed by atoms with van der Waals surface area (Å²) in [5.41, 5.74) is 2.18. The van der Waals surface area contributed by atoms with Gasteiger partial charge in [-0.05, 0) is 24.6 Å². The molecule has 0 saturated carbocycles. The molecule has 0 unspecified atom stereocenters. The Labute approximate surface area is 124 Å². The average Bonchev–Trinajstić information content (AvgIpc) is 2.72. The molecule has 0 aliphatic rings. The van der Waals surface area contributed by atoms with Crippen LogP contribution in [0.2, 0.25) is 0 Å². The third-order valence-electron chi connectivity index (χ3n) is 2.50. The Bertz CT molecular complexity index is 667. The first-order valence-electron chi connectivity index (χ1n) is 5.79. The van der Waals surface area contributed by atoms with Crippen LogP contribution in [0.4, 0.5) is 0 Å². The molecule has 0 radical (unpaired) electrons. The number of allylic oxidation sites excluding steroid dienone is 1. The predicted octanol–water partition coefficient (Wildman–Crippen LogP) is 3.74. The SMILES string of the molecule is C=CCn1c(C)cs/c1=N/N=C/c1cccc(Br)c1. The molecule has 0 amide bonds. The normalized spacial score (nSPS) is 12.2. The number of hydrogen-bond acceptors (Lipinski definition) is 3. The molecule has 0 spiro atoms. The summed E-state index contributed by atoms with van der Waals surface area (Å²) in [5.74, 6) is 0. The van der Waals surface area contributed by atoms with Gasteiger partial charge in [0, 0.05) is 22.1 Å². The van der Waals surface area contributed by atoms with Gasteiger partial charge in [-0.2, -0.15) is 5.10 Å². The average molecular weight is 336 g/mol. The van der Waals surface area contributed by atoms with Crippen LogP contribution in [0.5, 0.6) is 0 Å². The van der Waals surface area contributed by atoms with E-state index in [9.17, 15) is 0 Å². The van der Waals surface area contributed by atoms with Gasteiger partial charge in [0.15, 0.2) is 0 Å². The van der Waals surface area contributed by atoms with Crippen LogP contribution in [0.1, 0.15) is 11.3 Å². The molecule has 0 bridgehead atoms. The molecule has 1 aromatic carbocycles. The number of aromatic nitrogens is 1. The molecule has 1 heterocycles. The molecule has 98 valence electrons. The van der Waals surface area contributed by atoms with Gasteiger partial charge in [-0.25, -0.2) is 0 Å². The van der Waals surface area contributed by atoms with E-state index in [1.54, 1.807) is 17.6 Å². The molecule has 2 rings (SSSR count). The predicted molar refractivity (Wildman–Crippen MR) is 84.5 cm³/mol. The Balaban J connectivity index is 2.25. The number of benzene rings is 1. The lowest BCUT2D eigenvalue weighted by molar-refractivity contribution is 0.752. The van der Waals surface area contributed by atoms with E-state index in [-0.39, 0.29) is 0 Å². The number of aryl methyl sites for hydroxylation is 1. The van der Waals surface area contributed by atoms with Crippen molar-refractivity contribution >= 4 is 33.5 Å². The highest BCUT2D eigenvalue weighted by molar-refractivity contribution is 9.10. The minimum atomic E-state index is 0.751. The maximum Gasteiger partial charge on any atom is 0.211 e. The molecule has 0 atom stereocenters. The van der Waals surface area contributed by atoms with E-state index in [1.165, 1.54) is 5.69 Å². The number of halogens is 1. The quantitative estimate of drug-likeness (QED) is 0.463. The zero-order valence-electron chi connectivity index (χ0n) is 10.6. The molecule has 0 aliphatic heterocycles. The molecule has 1 aromatic heterocycles. The van der Waals surface area contributed by atoms with Crippen molar-refractivity contribution in [3.05, 3.63) is 62.8 Å². The van der Waals surface area contributed by atoms with Gasteiger partial charge >= 0.3 is 0 Å². The second-order valence-corrected chi connectivity index (χ2v) is 5.71. The van der Waals surface area contributed by atoms with Crippen molar-refractivity contribution in [3.8, 4) is 0 Å². The van der Waals surface area contributed by atoms with Crippen LogP contribution < -0.4 is 4.80 Å². The smallest absolute Gasteiger partial charge is 0.211 e. The van der Waals surface area contributed by atoms with Crippen molar-refractivity contribution in [2.45, 2.75) is 13.5 Å². The fourth-order valence-corrected chi connectivity index (χ4v) is 2.84. The minimum absolute atomic E-state index is 0.751. The van der Waals surface area contributed by atoms with E-state index < -0.39 is 0 Å². The number of rotatable bonds is 4. The summed E-state index contributed by atoms with van der Waals surface area (Å²) in [7, 11) is 0. The van der Waals surface area contributed by atoms with Crippen molar-refractivity contribution in [1.29, 1.82) is 0 Å². The van der Waals surface area contributed by atoms with Crippen LogP contribution in [0.3, 0.4) is 0 Å². The van der Waals surface area contributed by atoms with Crippen LogP contribution in [0, 0.1) is 6.92 Å². The Morgan fingerprint density at radius 1 is 1.47 bits per heavy atom. The molecular weight excluding hydrogens is 322 g/mol. The van der Waals surface area contributed by atoms with Crippen molar-refractivity contribution < 1.29 is 0 Å².